The summed E-state index contributed by atoms with van der Waals surface area (Å²) >= 11 is 0. The zero-order valence-corrected chi connectivity index (χ0v) is 26.4. The zero-order valence-electron chi connectivity index (χ0n) is 26.4. The molecular weight excluding hydrogens is 583 g/mol. The zero-order chi connectivity index (χ0) is 33.2. The molecule has 5 amide bonds. The Balaban J connectivity index is 1.59. The molecule has 4 aliphatic rings. The quantitative estimate of drug-likeness (QED) is 0.347. The van der Waals surface area contributed by atoms with Gasteiger partial charge in [-0.1, -0.05) is 48.5 Å². The molecule has 44 heavy (non-hydrogen) atoms. The molecule has 0 unspecified atom stereocenters. The Morgan fingerprint density at radius 1 is 1.02 bits per heavy atom. The van der Waals surface area contributed by atoms with Crippen LogP contribution < -0.4 is 16.0 Å². The van der Waals surface area contributed by atoms with Crippen LogP contribution in [-0.4, -0.2) is 95.6 Å². The first kappa shape index (κ1) is 33.7. The van der Waals surface area contributed by atoms with E-state index in [9.17, 15) is 41.9 Å². The number of nitrogens with zero attached hydrogens (tertiary/aromatic N) is 2. The Kier molecular flexibility index (Phi) is 8.66. The molecule has 6 atom stereocenters. The number of likely N-dealkylation sites (tertiary alicyclic amines) is 2. The van der Waals surface area contributed by atoms with Crippen LogP contribution in [0.15, 0.2) is 0 Å². The molecule has 1 aliphatic carbocycles. The number of hydrogen-bond donors (Lipinski definition) is 3. The van der Waals surface area contributed by atoms with E-state index in [0.29, 0.717) is 32.5 Å². The summed E-state index contributed by atoms with van der Waals surface area (Å²) in [6, 6.07) is -4.08. The maximum atomic E-state index is 14.0. The van der Waals surface area contributed by atoms with Crippen LogP contribution in [0.1, 0.15) is 67.7 Å². The van der Waals surface area contributed by atoms with Gasteiger partial charge < -0.3 is 25.8 Å². The summed E-state index contributed by atoms with van der Waals surface area (Å²) in [5.74, 6) is -6.85. The van der Waals surface area contributed by atoms with Crippen LogP contribution in [0.5, 0.6) is 0 Å². The Morgan fingerprint density at radius 2 is 1.64 bits per heavy atom. The molecule has 0 aromatic rings. The Morgan fingerprint density at radius 3 is 2.16 bits per heavy atom. The Labute approximate surface area is 255 Å². The number of carbonyl (C=O) groups excluding carboxylic acids is 6. The molecule has 4 fully saturated rings. The van der Waals surface area contributed by atoms with E-state index in [1.807, 2.05) is 33.0 Å². The molecule has 3 saturated heterocycles. The summed E-state index contributed by atoms with van der Waals surface area (Å²) in [7, 11) is 0. The van der Waals surface area contributed by atoms with Gasteiger partial charge in [0.1, 0.15) is 12.1 Å². The summed E-state index contributed by atoms with van der Waals surface area (Å²) in [4.78, 5) is 81.5. The van der Waals surface area contributed by atoms with Crippen LogP contribution >= 0.6 is 0 Å². The Bertz CT molecular complexity index is 1230. The fourth-order valence-corrected chi connectivity index (χ4v) is 7.11. The average molecular weight is 628 g/mol. The summed E-state index contributed by atoms with van der Waals surface area (Å²) in [5, 5.41) is 7.23. The van der Waals surface area contributed by atoms with Gasteiger partial charge in [-0.25, -0.2) is 0 Å². The third-order valence-corrected chi connectivity index (χ3v) is 9.69. The van der Waals surface area contributed by atoms with Crippen molar-refractivity contribution in [3.05, 3.63) is 0 Å². The van der Waals surface area contributed by atoms with Gasteiger partial charge >= 0.3 is 12.1 Å². The van der Waals surface area contributed by atoms with Gasteiger partial charge in [-0.15, -0.1) is 0 Å². The van der Waals surface area contributed by atoms with Gasteiger partial charge in [-0.2, -0.15) is 13.2 Å². The minimum Gasteiger partial charge on any atom is -0.356 e. The average Bonchev–Trinajstić information content (AvgIpc) is 3.20. The summed E-state index contributed by atoms with van der Waals surface area (Å²) in [5.41, 5.74) is -1.65. The van der Waals surface area contributed by atoms with Crippen molar-refractivity contribution in [2.45, 2.75) is 92.0 Å². The molecule has 11 nitrogen and oxygen atoms in total. The highest BCUT2D eigenvalue weighted by molar-refractivity contribution is 6.38. The smallest absolute Gasteiger partial charge is 0.356 e. The third-order valence-electron chi connectivity index (χ3n) is 9.69. The highest BCUT2D eigenvalue weighted by Gasteiger charge is 2.70. The van der Waals surface area contributed by atoms with E-state index in [4.69, 9.17) is 0 Å². The summed E-state index contributed by atoms with van der Waals surface area (Å²) in [6.07, 6.45) is -4.19. The third kappa shape index (κ3) is 6.58. The monoisotopic (exact) mass is 627 g/mol. The molecule has 0 bridgehead atoms. The number of alkyl halides is 3. The minimum atomic E-state index is -5.22. The van der Waals surface area contributed by atoms with E-state index in [1.54, 1.807) is 0 Å². The van der Waals surface area contributed by atoms with E-state index < -0.39 is 65.0 Å². The van der Waals surface area contributed by atoms with Crippen molar-refractivity contribution in [3.63, 3.8) is 0 Å². The number of piperidine rings is 2. The van der Waals surface area contributed by atoms with Gasteiger partial charge in [0.15, 0.2) is 0 Å². The van der Waals surface area contributed by atoms with Crippen molar-refractivity contribution in [2.75, 3.05) is 26.2 Å². The second kappa shape index (κ2) is 11.3. The molecule has 1 saturated carbocycles. The molecule has 3 aliphatic heterocycles. The number of halogens is 3. The van der Waals surface area contributed by atoms with Gasteiger partial charge in [0.2, 0.25) is 23.5 Å². The number of fused-ring (bicyclic) bond motifs is 1. The molecule has 246 valence electrons. The number of ketones is 1. The number of amides is 5. The van der Waals surface area contributed by atoms with Crippen LogP contribution in [0, 0.1) is 34.0 Å². The van der Waals surface area contributed by atoms with Crippen LogP contribution in [0.3, 0.4) is 0 Å². The van der Waals surface area contributed by atoms with Crippen molar-refractivity contribution < 1.29 is 41.9 Å². The van der Waals surface area contributed by atoms with Crippen LogP contribution in [0.25, 0.3) is 0 Å². The number of Topliss-reactive ketones (excluding diaryl/α,β-unsaturated/α-hetero) is 1. The fourth-order valence-electron chi connectivity index (χ4n) is 7.11. The van der Waals surface area contributed by atoms with Crippen LogP contribution in [0.4, 0.5) is 13.2 Å². The van der Waals surface area contributed by atoms with Crippen molar-refractivity contribution in [1.82, 2.24) is 25.8 Å². The number of rotatable bonds is 8. The normalized spacial score (nSPS) is 28.5. The molecule has 3 heterocycles. The number of carbonyl (C=O) groups is 6. The first-order valence-electron chi connectivity index (χ1n) is 15.2. The van der Waals surface area contributed by atoms with Crippen molar-refractivity contribution in [2.24, 2.45) is 34.0 Å². The molecule has 0 spiro atoms. The summed E-state index contributed by atoms with van der Waals surface area (Å²) < 4.78 is 39.5. The molecule has 4 rings (SSSR count). The lowest BCUT2D eigenvalue weighted by molar-refractivity contribution is -0.176. The van der Waals surface area contributed by atoms with E-state index >= 15 is 0 Å². The first-order chi connectivity index (χ1) is 20.1. The lowest BCUT2D eigenvalue weighted by Crippen LogP contribution is -2.63. The molecule has 0 radical (unpaired) electrons. The fraction of sp³-hybridized carbons (Fsp3) is 0.800. The second-order valence-corrected chi connectivity index (χ2v) is 15.3. The predicted molar refractivity (Wildman–Crippen MR) is 151 cm³/mol. The Hall–Kier alpha value is -3.19. The summed E-state index contributed by atoms with van der Waals surface area (Å²) in [6.45, 7) is 13.6. The predicted octanol–water partition coefficient (Wildman–Crippen LogP) is 1.40. The van der Waals surface area contributed by atoms with E-state index in [0.717, 1.165) is 0 Å². The lowest BCUT2D eigenvalue weighted by Gasteiger charge is -2.45. The van der Waals surface area contributed by atoms with Gasteiger partial charge in [-0.05, 0) is 47.3 Å². The largest absolute Gasteiger partial charge is 0.471 e. The van der Waals surface area contributed by atoms with Gasteiger partial charge in [0.05, 0.1) is 6.04 Å². The molecule has 14 heteroatoms. The number of hydrogen-bond acceptors (Lipinski definition) is 6. The van der Waals surface area contributed by atoms with Crippen molar-refractivity contribution in [1.29, 1.82) is 0 Å². The van der Waals surface area contributed by atoms with Crippen LogP contribution in [0.2, 0.25) is 0 Å². The maximum absolute atomic E-state index is 14.0. The number of nitrogens with one attached hydrogen (secondary N) is 3. The molecular formula is C30H44F3N5O6. The highest BCUT2D eigenvalue weighted by atomic mass is 19.4. The van der Waals surface area contributed by atoms with Gasteiger partial charge in [-0.3, -0.25) is 28.8 Å². The van der Waals surface area contributed by atoms with Crippen molar-refractivity contribution >= 4 is 35.3 Å². The minimum absolute atomic E-state index is 0.0779. The van der Waals surface area contributed by atoms with E-state index in [2.05, 4.69) is 10.6 Å². The standard InChI is InChI=1S/C30H44F3N5O6/c1-27(2,3)21(36-26(44)30(31,32)33)25(43)38-12-16-18(29(16,6)7)19(38)23(41)35-17(11-15-9-8-10-34-22(15)40)20(39)24(42)37-13-28(4,5)14-37/h15-19,21H,8-14H2,1-7H3,(H,34,40)(H,35,41)(H,36,44)/t15-,16-,17-,18-,19-,21+/m0/s1. The topological polar surface area (TPSA) is 145 Å². The maximum Gasteiger partial charge on any atom is 0.471 e. The molecule has 3 N–H and O–H groups in total. The molecule has 0 aromatic carbocycles. The van der Waals surface area contributed by atoms with E-state index in [1.165, 1.54) is 30.6 Å². The van der Waals surface area contributed by atoms with Crippen molar-refractivity contribution in [3.8, 4) is 0 Å². The molecule has 0 aromatic heterocycles. The van der Waals surface area contributed by atoms with E-state index in [-0.39, 0.29) is 41.5 Å². The van der Waals surface area contributed by atoms with Gasteiger partial charge in [0.25, 0.3) is 5.91 Å². The first-order valence-corrected chi connectivity index (χ1v) is 15.2. The van der Waals surface area contributed by atoms with Gasteiger partial charge in [0, 0.05) is 32.1 Å². The lowest BCUT2D eigenvalue weighted by atomic mass is 9.83. The SMILES string of the molecule is CC1(C)CN(C(=O)C(=O)[C@H](C[C@@H]2CCCNC2=O)NC(=O)[C@@H]2[C@@H]3[C@H](CN2C(=O)[C@@H](NC(=O)C(F)(F)F)C(C)(C)C)C3(C)C)C1. The van der Waals surface area contributed by atoms with Crippen LogP contribution in [-0.2, 0) is 28.8 Å². The second-order valence-electron chi connectivity index (χ2n) is 15.3. The highest BCUT2D eigenvalue weighted by Crippen LogP contribution is 2.65.